The van der Waals surface area contributed by atoms with Gasteiger partial charge in [-0.3, -0.25) is 0 Å². The first-order chi connectivity index (χ1) is 19.2. The molecule has 2 N–H and O–H groups in total. The van der Waals surface area contributed by atoms with Crippen LogP contribution >= 0.6 is 0 Å². The van der Waals surface area contributed by atoms with Gasteiger partial charge in [-0.05, 0) is 49.1 Å². The molecule has 3 aromatic rings. The normalized spacial score (nSPS) is 19.0. The molecule has 5 rings (SSSR count). The number of methoxy groups -OCH3 is 2. The lowest BCUT2D eigenvalue weighted by Gasteiger charge is -2.50. The van der Waals surface area contributed by atoms with E-state index in [2.05, 4.69) is 9.88 Å². The average Bonchev–Trinajstić information content (AvgIpc) is 3.28. The molecule has 10 nitrogen and oxygen atoms in total. The Bertz CT molecular complexity index is 1510. The van der Waals surface area contributed by atoms with Crippen molar-refractivity contribution >= 4 is 27.0 Å². The van der Waals surface area contributed by atoms with Gasteiger partial charge in [0.2, 0.25) is 10.0 Å². The van der Waals surface area contributed by atoms with E-state index in [4.69, 9.17) is 9.47 Å². The second-order valence-electron chi connectivity index (χ2n) is 10.6. The highest BCUT2D eigenvalue weighted by atomic mass is 32.2. The van der Waals surface area contributed by atoms with Crippen LogP contribution in [0, 0.1) is 0 Å². The number of aliphatic hydroxyl groups excluding tert-OH is 1. The number of nitrogens with one attached hydrogen (secondary N) is 1. The van der Waals surface area contributed by atoms with Crippen LogP contribution in [-0.4, -0.2) is 80.3 Å². The Labute approximate surface area is 235 Å². The molecule has 2 amide bonds. The smallest absolute Gasteiger partial charge is 0.318 e. The third kappa shape index (κ3) is 4.59. The summed E-state index contributed by atoms with van der Waals surface area (Å²) in [5, 5.41) is 14.6. The van der Waals surface area contributed by atoms with Gasteiger partial charge in [-0.25, -0.2) is 13.2 Å². The molecule has 1 saturated heterocycles. The first-order valence-electron chi connectivity index (χ1n) is 13.7. The summed E-state index contributed by atoms with van der Waals surface area (Å²) in [6, 6.07) is 11.7. The van der Waals surface area contributed by atoms with Crippen molar-refractivity contribution in [3.8, 4) is 11.5 Å². The van der Waals surface area contributed by atoms with Crippen LogP contribution in [0.2, 0.25) is 0 Å². The lowest BCUT2D eigenvalue weighted by Crippen LogP contribution is -2.57. The molecule has 0 unspecified atom stereocenters. The second kappa shape index (κ2) is 10.9. The Morgan fingerprint density at radius 3 is 2.45 bits per heavy atom. The maximum atomic E-state index is 13.6. The van der Waals surface area contributed by atoms with Gasteiger partial charge in [0.05, 0.1) is 37.3 Å². The molecule has 1 atom stereocenters. The molecule has 1 fully saturated rings. The van der Waals surface area contributed by atoms with Crippen molar-refractivity contribution in [2.24, 2.45) is 7.05 Å². The Balaban J connectivity index is 1.58. The number of carbonyl (C=O) groups excluding carboxylic acids is 1. The number of ether oxygens (including phenoxy) is 2. The van der Waals surface area contributed by atoms with Crippen molar-refractivity contribution in [2.45, 2.75) is 42.5 Å². The van der Waals surface area contributed by atoms with Crippen LogP contribution in [0.4, 0.5) is 4.79 Å². The number of aromatic nitrogens is 1. The highest BCUT2D eigenvalue weighted by Crippen LogP contribution is 2.50. The number of urea groups is 1. The first kappa shape index (κ1) is 28.3. The van der Waals surface area contributed by atoms with Gasteiger partial charge >= 0.3 is 6.03 Å². The summed E-state index contributed by atoms with van der Waals surface area (Å²) in [6.45, 7) is 3.31. The lowest BCUT2D eigenvalue weighted by molar-refractivity contribution is 0.0784. The number of fused-ring (bicyclic) bond motifs is 4. The Hall–Kier alpha value is -3.28. The molecule has 2 aromatic carbocycles. The Kier molecular flexibility index (Phi) is 7.73. The molecule has 1 spiro atoms. The second-order valence-corrected chi connectivity index (χ2v) is 12.6. The van der Waals surface area contributed by atoms with Gasteiger partial charge in [-0.2, -0.15) is 4.31 Å². The molecule has 0 aliphatic carbocycles. The highest BCUT2D eigenvalue weighted by molar-refractivity contribution is 7.89. The monoisotopic (exact) mass is 570 g/mol. The zero-order chi connectivity index (χ0) is 28.7. The topological polar surface area (TPSA) is 113 Å². The van der Waals surface area contributed by atoms with Crippen LogP contribution in [-0.2, 0) is 22.5 Å². The van der Waals surface area contributed by atoms with Crippen molar-refractivity contribution in [2.75, 3.05) is 47.0 Å². The molecule has 216 valence electrons. The summed E-state index contributed by atoms with van der Waals surface area (Å²) in [5.74, 6) is 1.21. The summed E-state index contributed by atoms with van der Waals surface area (Å²) in [6.07, 6.45) is 1.86. The molecular formula is C29H38N4O6S. The van der Waals surface area contributed by atoms with Crippen molar-refractivity contribution in [1.29, 1.82) is 0 Å². The van der Waals surface area contributed by atoms with E-state index in [9.17, 15) is 18.3 Å². The SMILES string of the molecule is CCCNC(=O)N1CC2(CCN(S(=O)(=O)c3cccc(OC)c3)CC2)c2c(n(C)c3cc(OC)ccc23)[C@H]1CO. The maximum absolute atomic E-state index is 13.6. The number of hydrogen-bond acceptors (Lipinski definition) is 6. The summed E-state index contributed by atoms with van der Waals surface area (Å²) in [4.78, 5) is 15.4. The van der Waals surface area contributed by atoms with Crippen molar-refractivity contribution in [3.63, 3.8) is 0 Å². The summed E-state index contributed by atoms with van der Waals surface area (Å²) in [7, 11) is 1.36. The molecule has 2 aliphatic heterocycles. The van der Waals surface area contributed by atoms with Crippen molar-refractivity contribution in [1.82, 2.24) is 19.1 Å². The number of carbonyl (C=O) groups is 1. The number of aliphatic hydroxyl groups is 1. The van der Waals surface area contributed by atoms with Gasteiger partial charge < -0.3 is 29.4 Å². The molecule has 40 heavy (non-hydrogen) atoms. The minimum absolute atomic E-state index is 0.199. The summed E-state index contributed by atoms with van der Waals surface area (Å²) in [5.41, 5.74) is 2.43. The molecule has 0 saturated carbocycles. The number of aryl methyl sites for hydroxylation is 1. The van der Waals surface area contributed by atoms with Crippen LogP contribution < -0.4 is 14.8 Å². The van der Waals surface area contributed by atoms with Crippen molar-refractivity contribution < 1.29 is 27.8 Å². The largest absolute Gasteiger partial charge is 0.497 e. The van der Waals surface area contributed by atoms with Crippen molar-refractivity contribution in [3.05, 3.63) is 53.7 Å². The first-order valence-corrected chi connectivity index (χ1v) is 15.1. The Morgan fingerprint density at radius 2 is 1.80 bits per heavy atom. The summed E-state index contributed by atoms with van der Waals surface area (Å²) < 4.78 is 41.5. The third-order valence-electron chi connectivity index (χ3n) is 8.47. The van der Waals surface area contributed by atoms with E-state index in [1.54, 1.807) is 36.3 Å². The zero-order valence-corrected chi connectivity index (χ0v) is 24.3. The summed E-state index contributed by atoms with van der Waals surface area (Å²) >= 11 is 0. The van der Waals surface area contributed by atoms with Gasteiger partial charge in [0.1, 0.15) is 11.5 Å². The predicted octanol–water partition coefficient (Wildman–Crippen LogP) is 3.39. The predicted molar refractivity (Wildman–Crippen MR) is 152 cm³/mol. The number of hydrogen-bond donors (Lipinski definition) is 2. The van der Waals surface area contributed by atoms with Crippen LogP contribution in [0.25, 0.3) is 10.9 Å². The quantitative estimate of drug-likeness (QED) is 0.450. The van der Waals surface area contributed by atoms with Gasteiger partial charge in [-0.1, -0.05) is 13.0 Å². The number of benzene rings is 2. The molecule has 0 radical (unpaired) electrons. The van der Waals surface area contributed by atoms with E-state index < -0.39 is 21.5 Å². The minimum atomic E-state index is -3.73. The number of piperidine rings is 1. The van der Waals surface area contributed by atoms with Gasteiger partial charge in [-0.15, -0.1) is 0 Å². The molecule has 0 bridgehead atoms. The van der Waals surface area contributed by atoms with E-state index in [1.165, 1.54) is 11.4 Å². The molecule has 3 heterocycles. The van der Waals surface area contributed by atoms with Crippen LogP contribution in [0.5, 0.6) is 11.5 Å². The minimum Gasteiger partial charge on any atom is -0.497 e. The standard InChI is InChI=1S/C29H38N4O6S/c1-5-13-30-28(35)33-19-29(11-14-32(15-12-29)40(36,37)22-8-6-7-20(16-22)38-3)26-23-10-9-21(39-4)17-24(23)31(2)27(26)25(33)18-34/h6-10,16-17,25,34H,5,11-15,18-19H2,1-4H3,(H,30,35)/t25-/m1/s1. The number of rotatable bonds is 7. The van der Waals surface area contributed by atoms with Crippen LogP contribution in [0.3, 0.4) is 0 Å². The van der Waals surface area contributed by atoms with Crippen LogP contribution in [0.15, 0.2) is 47.4 Å². The van der Waals surface area contributed by atoms with E-state index in [-0.39, 0.29) is 17.5 Å². The highest BCUT2D eigenvalue weighted by Gasteiger charge is 2.50. The number of sulfonamides is 1. The van der Waals surface area contributed by atoms with Crippen LogP contribution in [0.1, 0.15) is 43.5 Å². The van der Waals surface area contributed by atoms with E-state index in [0.29, 0.717) is 44.8 Å². The van der Waals surface area contributed by atoms with E-state index >= 15 is 0 Å². The lowest BCUT2D eigenvalue weighted by atomic mass is 9.68. The van der Waals surface area contributed by atoms with E-state index in [1.807, 2.05) is 32.2 Å². The Morgan fingerprint density at radius 1 is 1.10 bits per heavy atom. The average molecular weight is 571 g/mol. The third-order valence-corrected chi connectivity index (χ3v) is 10.4. The molecular weight excluding hydrogens is 532 g/mol. The van der Waals surface area contributed by atoms with Gasteiger partial charge in [0.15, 0.2) is 0 Å². The van der Waals surface area contributed by atoms with E-state index in [0.717, 1.165) is 34.3 Å². The van der Waals surface area contributed by atoms with Gasteiger partial charge in [0, 0.05) is 61.9 Å². The number of amides is 2. The number of nitrogens with zero attached hydrogens (tertiary/aromatic N) is 3. The molecule has 2 aliphatic rings. The zero-order valence-electron chi connectivity index (χ0n) is 23.5. The fourth-order valence-corrected chi connectivity index (χ4v) is 7.86. The fraction of sp³-hybridized carbons (Fsp3) is 0.483. The maximum Gasteiger partial charge on any atom is 0.318 e. The van der Waals surface area contributed by atoms with Gasteiger partial charge in [0.25, 0.3) is 0 Å². The molecule has 1 aromatic heterocycles. The molecule has 11 heteroatoms. The fourth-order valence-electron chi connectivity index (χ4n) is 6.38.